The van der Waals surface area contributed by atoms with Gasteiger partial charge >= 0.3 is 0 Å². The summed E-state index contributed by atoms with van der Waals surface area (Å²) in [6, 6.07) is 6.16. The van der Waals surface area contributed by atoms with Crippen molar-refractivity contribution in [1.82, 2.24) is 10.4 Å². The molecule has 1 aliphatic heterocycles. The van der Waals surface area contributed by atoms with Gasteiger partial charge in [0.25, 0.3) is 12.3 Å². The van der Waals surface area contributed by atoms with Crippen molar-refractivity contribution in [3.05, 3.63) is 66.1 Å². The maximum absolute atomic E-state index is 13.7. The van der Waals surface area contributed by atoms with E-state index in [0.29, 0.717) is 0 Å². The van der Waals surface area contributed by atoms with Crippen LogP contribution >= 0.6 is 0 Å². The van der Waals surface area contributed by atoms with Gasteiger partial charge in [-0.05, 0) is 42.0 Å². The Morgan fingerprint density at radius 2 is 1.85 bits per heavy atom. The molecule has 1 unspecified atom stereocenters. The van der Waals surface area contributed by atoms with E-state index in [1.807, 2.05) is 0 Å². The molecule has 0 aliphatic carbocycles. The van der Waals surface area contributed by atoms with Crippen LogP contribution in [0.5, 0.6) is 0 Å². The number of hydrogen-bond acceptors (Lipinski definition) is 3. The predicted octanol–water partition coefficient (Wildman–Crippen LogP) is 3.68. The minimum Gasteiger partial charge on any atom is -0.323 e. The zero-order valence-electron chi connectivity index (χ0n) is 13.9. The third-order valence-electron chi connectivity index (χ3n) is 4.10. The second-order valence-electron chi connectivity index (χ2n) is 5.98. The maximum Gasteiger partial charge on any atom is 0.270 e. The lowest BCUT2D eigenvalue weighted by Gasteiger charge is -2.28. The van der Waals surface area contributed by atoms with Crippen LogP contribution in [0, 0.1) is 17.5 Å². The molecule has 0 fully saturated rings. The summed E-state index contributed by atoms with van der Waals surface area (Å²) in [6.45, 7) is 0. The third kappa shape index (κ3) is 3.50. The van der Waals surface area contributed by atoms with E-state index in [-0.39, 0.29) is 16.8 Å². The van der Waals surface area contributed by atoms with Gasteiger partial charge in [0.15, 0.2) is 17.2 Å². The molecule has 4 nitrogen and oxygen atoms in total. The van der Waals surface area contributed by atoms with Crippen LogP contribution in [0.15, 0.2) is 48.7 Å². The van der Waals surface area contributed by atoms with Crippen molar-refractivity contribution in [2.24, 2.45) is 0 Å². The number of benzene rings is 2. The van der Waals surface area contributed by atoms with E-state index in [0.717, 1.165) is 30.3 Å². The highest BCUT2D eigenvalue weighted by Gasteiger charge is 2.48. The summed E-state index contributed by atoms with van der Waals surface area (Å²) < 4.78 is 67.5. The van der Waals surface area contributed by atoms with Crippen LogP contribution in [-0.4, -0.2) is 29.9 Å². The summed E-state index contributed by atoms with van der Waals surface area (Å²) >= 11 is 0. The highest BCUT2D eigenvalue weighted by Crippen LogP contribution is 2.32. The maximum atomic E-state index is 13.7. The van der Waals surface area contributed by atoms with Crippen molar-refractivity contribution < 1.29 is 26.7 Å². The quantitative estimate of drug-likeness (QED) is 0.792. The number of nitrogens with one attached hydrogen (secondary N) is 2. The largest absolute Gasteiger partial charge is 0.323 e. The number of hydrogen-bond donors (Lipinski definition) is 2. The van der Waals surface area contributed by atoms with Gasteiger partial charge in [-0.2, -0.15) is 0 Å². The van der Waals surface area contributed by atoms with E-state index in [1.165, 1.54) is 30.4 Å². The molecule has 0 aromatic heterocycles. The molecule has 1 heterocycles. The molecule has 27 heavy (non-hydrogen) atoms. The normalized spacial score (nSPS) is 19.0. The second-order valence-corrected chi connectivity index (χ2v) is 5.98. The number of anilines is 1. The van der Waals surface area contributed by atoms with E-state index >= 15 is 0 Å². The molecule has 2 aromatic carbocycles. The smallest absolute Gasteiger partial charge is 0.270 e. The molecular weight excluding hydrogens is 369 g/mol. The Labute approximate surface area is 151 Å². The fraction of sp³-hybridized carbons (Fsp3) is 0.167. The van der Waals surface area contributed by atoms with Gasteiger partial charge in [0.2, 0.25) is 0 Å². The summed E-state index contributed by atoms with van der Waals surface area (Å²) in [5, 5.41) is 3.44. The van der Waals surface area contributed by atoms with Crippen molar-refractivity contribution >= 4 is 11.6 Å². The first-order valence-corrected chi connectivity index (χ1v) is 7.77. The first-order chi connectivity index (χ1) is 12.7. The number of rotatable bonds is 4. The summed E-state index contributed by atoms with van der Waals surface area (Å²) in [4.78, 5) is 12.6. The number of carbonyl (C=O) groups is 1. The standard InChI is InChI=1S/C18H14F5N3O/c1-26-7-6-18(25-26,16(22)23)17(27)24-15-9-11(19)3-4-12(15)10-2-5-13(20)14(21)8-10/h2-9,16,25H,1H3,(H,24,27). The van der Waals surface area contributed by atoms with Gasteiger partial charge in [-0.1, -0.05) is 6.07 Å². The molecule has 0 saturated heterocycles. The van der Waals surface area contributed by atoms with E-state index in [2.05, 4.69) is 10.7 Å². The molecule has 0 bridgehead atoms. The van der Waals surface area contributed by atoms with Crippen molar-refractivity contribution in [3.8, 4) is 11.1 Å². The third-order valence-corrected chi connectivity index (χ3v) is 4.10. The fourth-order valence-corrected chi connectivity index (χ4v) is 2.70. The Bertz CT molecular complexity index is 918. The minimum atomic E-state index is -3.10. The molecule has 1 aliphatic rings. The van der Waals surface area contributed by atoms with Crippen molar-refractivity contribution in [2.45, 2.75) is 12.0 Å². The Morgan fingerprint density at radius 3 is 2.44 bits per heavy atom. The van der Waals surface area contributed by atoms with Crippen LogP contribution in [0.4, 0.5) is 27.6 Å². The molecular formula is C18H14F5N3O. The first kappa shape index (κ1) is 18.8. The molecule has 1 amide bonds. The second kappa shape index (κ2) is 6.99. The van der Waals surface area contributed by atoms with Crippen molar-refractivity contribution in [2.75, 3.05) is 12.4 Å². The van der Waals surface area contributed by atoms with Gasteiger partial charge in [-0.3, -0.25) is 4.79 Å². The average molecular weight is 383 g/mol. The van der Waals surface area contributed by atoms with E-state index < -0.39 is 35.3 Å². The van der Waals surface area contributed by atoms with Crippen molar-refractivity contribution in [1.29, 1.82) is 0 Å². The van der Waals surface area contributed by atoms with Crippen LogP contribution in [0.1, 0.15) is 0 Å². The van der Waals surface area contributed by atoms with Gasteiger partial charge < -0.3 is 10.3 Å². The molecule has 0 spiro atoms. The minimum absolute atomic E-state index is 0.141. The number of alkyl halides is 2. The Balaban J connectivity index is 1.99. The monoisotopic (exact) mass is 383 g/mol. The van der Waals surface area contributed by atoms with Crippen LogP contribution in [0.25, 0.3) is 11.1 Å². The summed E-state index contributed by atoms with van der Waals surface area (Å²) in [5.41, 5.74) is 0.120. The van der Waals surface area contributed by atoms with E-state index in [9.17, 15) is 26.7 Å². The SMILES string of the molecule is CN1C=CC(C(=O)Nc2cc(F)ccc2-c2ccc(F)c(F)c2)(C(F)F)N1. The topological polar surface area (TPSA) is 44.4 Å². The number of carbonyl (C=O) groups excluding carboxylic acids is 1. The average Bonchev–Trinajstić information content (AvgIpc) is 3.01. The molecule has 2 aromatic rings. The lowest BCUT2D eigenvalue weighted by molar-refractivity contribution is -0.127. The Hall–Kier alpha value is -2.94. The van der Waals surface area contributed by atoms with Gasteiger partial charge in [0.1, 0.15) is 5.82 Å². The highest BCUT2D eigenvalue weighted by molar-refractivity contribution is 6.03. The summed E-state index contributed by atoms with van der Waals surface area (Å²) in [6.07, 6.45) is -0.851. The summed E-state index contributed by atoms with van der Waals surface area (Å²) in [5.74, 6) is -4.09. The predicted molar refractivity (Wildman–Crippen MR) is 89.2 cm³/mol. The molecule has 1 atom stereocenters. The fourth-order valence-electron chi connectivity index (χ4n) is 2.70. The molecule has 9 heteroatoms. The van der Waals surface area contributed by atoms with Crippen LogP contribution in [-0.2, 0) is 4.79 Å². The Morgan fingerprint density at radius 1 is 1.11 bits per heavy atom. The Kier molecular flexibility index (Phi) is 4.88. The first-order valence-electron chi connectivity index (χ1n) is 7.77. The highest BCUT2D eigenvalue weighted by atomic mass is 19.3. The van der Waals surface area contributed by atoms with Crippen LogP contribution in [0.2, 0.25) is 0 Å². The van der Waals surface area contributed by atoms with Gasteiger partial charge in [0, 0.05) is 18.8 Å². The number of nitrogens with zero attached hydrogens (tertiary/aromatic N) is 1. The molecule has 3 rings (SSSR count). The number of amides is 1. The van der Waals surface area contributed by atoms with Gasteiger partial charge in [-0.25, -0.2) is 27.4 Å². The van der Waals surface area contributed by atoms with Gasteiger partial charge in [0.05, 0.1) is 5.69 Å². The van der Waals surface area contributed by atoms with E-state index in [4.69, 9.17) is 0 Å². The zero-order chi connectivity index (χ0) is 19.8. The molecule has 2 N–H and O–H groups in total. The number of halogens is 5. The number of hydrazine groups is 1. The van der Waals surface area contributed by atoms with Crippen LogP contribution in [0.3, 0.4) is 0 Å². The van der Waals surface area contributed by atoms with Crippen molar-refractivity contribution in [3.63, 3.8) is 0 Å². The lowest BCUT2D eigenvalue weighted by Crippen LogP contribution is -2.58. The summed E-state index contributed by atoms with van der Waals surface area (Å²) in [7, 11) is 1.43. The van der Waals surface area contributed by atoms with Gasteiger partial charge in [-0.15, -0.1) is 0 Å². The van der Waals surface area contributed by atoms with E-state index in [1.54, 1.807) is 0 Å². The molecule has 0 radical (unpaired) electrons. The zero-order valence-corrected chi connectivity index (χ0v) is 13.9. The molecule has 142 valence electrons. The lowest BCUT2D eigenvalue weighted by atomic mass is 9.99. The molecule has 0 saturated carbocycles. The van der Waals surface area contributed by atoms with Crippen LogP contribution < -0.4 is 10.7 Å².